The Balaban J connectivity index is 1.64. The van der Waals surface area contributed by atoms with Crippen molar-refractivity contribution in [3.05, 3.63) is 46.9 Å². The third kappa shape index (κ3) is 4.52. The number of anilines is 1. The quantitative estimate of drug-likeness (QED) is 0.372. The molecule has 0 aliphatic rings. The average molecular weight is 503 g/mol. The molecular formula is C22H24BrFN6O2. The first-order chi connectivity index (χ1) is 15.5. The first-order valence-electron chi connectivity index (χ1n) is 10.2. The van der Waals surface area contributed by atoms with Gasteiger partial charge in [-0.05, 0) is 46.7 Å². The molecular weight excluding hydrogens is 479 g/mol. The first kappa shape index (κ1) is 22.4. The van der Waals surface area contributed by atoms with E-state index in [1.807, 2.05) is 6.07 Å². The molecule has 1 aromatic carbocycles. The van der Waals surface area contributed by atoms with Gasteiger partial charge in [0.2, 0.25) is 5.88 Å². The van der Waals surface area contributed by atoms with Gasteiger partial charge in [-0.25, -0.2) is 4.39 Å². The number of likely N-dealkylation sites (N-methyl/N-ethyl adjacent to an activating group) is 1. The van der Waals surface area contributed by atoms with Crippen LogP contribution in [0.4, 0.5) is 10.2 Å². The van der Waals surface area contributed by atoms with E-state index in [2.05, 4.69) is 42.8 Å². The lowest BCUT2D eigenvalue weighted by Gasteiger charge is -2.20. The van der Waals surface area contributed by atoms with Crippen LogP contribution >= 0.6 is 15.9 Å². The highest BCUT2D eigenvalue weighted by Gasteiger charge is 2.18. The number of halogens is 2. The van der Waals surface area contributed by atoms with Crippen molar-refractivity contribution in [1.82, 2.24) is 24.5 Å². The molecule has 10 heteroatoms. The molecule has 0 bridgehead atoms. The molecule has 0 saturated carbocycles. The molecule has 0 aliphatic heterocycles. The number of nitrogens with zero attached hydrogens (tertiary/aromatic N) is 5. The number of aromatic nitrogens is 4. The van der Waals surface area contributed by atoms with Gasteiger partial charge in [-0.2, -0.15) is 14.6 Å². The number of benzene rings is 1. The van der Waals surface area contributed by atoms with Gasteiger partial charge in [0, 0.05) is 42.9 Å². The van der Waals surface area contributed by atoms with Crippen LogP contribution in [-0.2, 0) is 4.74 Å². The molecule has 0 spiro atoms. The maximum atomic E-state index is 13.7. The van der Waals surface area contributed by atoms with Gasteiger partial charge < -0.3 is 15.2 Å². The van der Waals surface area contributed by atoms with Gasteiger partial charge >= 0.3 is 0 Å². The molecule has 0 fully saturated rings. The van der Waals surface area contributed by atoms with Crippen molar-refractivity contribution in [1.29, 1.82) is 0 Å². The Hall–Kier alpha value is -2.82. The minimum Gasteiger partial charge on any atom is -0.475 e. The fourth-order valence-corrected chi connectivity index (χ4v) is 3.81. The topological polar surface area (TPSA) is 90.8 Å². The van der Waals surface area contributed by atoms with Crippen molar-refractivity contribution in [3.8, 4) is 17.0 Å². The summed E-state index contributed by atoms with van der Waals surface area (Å²) in [4.78, 5) is 11.3. The summed E-state index contributed by atoms with van der Waals surface area (Å²) in [6.07, 6.45) is 3.38. The van der Waals surface area contributed by atoms with Crippen LogP contribution in [0.1, 0.15) is 6.92 Å². The van der Waals surface area contributed by atoms with Crippen LogP contribution in [0.25, 0.3) is 27.7 Å². The fraction of sp³-hybridized carbons (Fsp3) is 0.318. The fourth-order valence-electron chi connectivity index (χ4n) is 3.44. The minimum atomic E-state index is -0.315. The summed E-state index contributed by atoms with van der Waals surface area (Å²) in [6, 6.07) is 6.35. The lowest BCUT2D eigenvalue weighted by Crippen LogP contribution is -2.31. The summed E-state index contributed by atoms with van der Waals surface area (Å²) in [7, 11) is 1.69. The highest BCUT2D eigenvalue weighted by molar-refractivity contribution is 9.10. The Bertz CT molecular complexity index is 1250. The summed E-state index contributed by atoms with van der Waals surface area (Å²) < 4.78 is 26.9. The number of hydrogen-bond donors (Lipinski definition) is 1. The second kappa shape index (κ2) is 9.76. The van der Waals surface area contributed by atoms with Gasteiger partial charge in [0.25, 0.3) is 0 Å². The second-order valence-corrected chi connectivity index (χ2v) is 8.04. The van der Waals surface area contributed by atoms with Crippen molar-refractivity contribution >= 4 is 38.3 Å². The molecule has 0 amide bonds. The molecule has 0 atom stereocenters. The van der Waals surface area contributed by atoms with Crippen LogP contribution in [0.2, 0.25) is 0 Å². The molecule has 4 aromatic rings. The molecule has 8 nitrogen and oxygen atoms in total. The molecule has 0 aliphatic carbocycles. The van der Waals surface area contributed by atoms with Crippen molar-refractivity contribution < 1.29 is 13.9 Å². The molecule has 168 valence electrons. The number of hydrogen-bond acceptors (Lipinski definition) is 7. The zero-order chi connectivity index (χ0) is 22.7. The molecule has 0 radical (unpaired) electrons. The van der Waals surface area contributed by atoms with Gasteiger partial charge in [-0.15, -0.1) is 0 Å². The van der Waals surface area contributed by atoms with Gasteiger partial charge in [-0.1, -0.05) is 6.92 Å². The maximum absolute atomic E-state index is 13.7. The Morgan fingerprint density at radius 1 is 1.19 bits per heavy atom. The van der Waals surface area contributed by atoms with Gasteiger partial charge in [0.15, 0.2) is 5.65 Å². The van der Waals surface area contributed by atoms with Crippen LogP contribution in [0, 0.1) is 5.82 Å². The monoisotopic (exact) mass is 502 g/mol. The standard InChI is InChI=1S/C22H24BrFN6O2/c1-3-29(6-8-31-2)7-9-32-22-19(23)20(25)30-21(28-22)17(13-27-30)15-10-14-11-16(24)4-5-18(14)26-12-15/h4-5,10-13H,3,6-9,25H2,1-2H3. The zero-order valence-electron chi connectivity index (χ0n) is 17.9. The van der Waals surface area contributed by atoms with Crippen LogP contribution in [0.3, 0.4) is 0 Å². The highest BCUT2D eigenvalue weighted by atomic mass is 79.9. The van der Waals surface area contributed by atoms with Crippen molar-refractivity contribution in [2.24, 2.45) is 0 Å². The second-order valence-electron chi connectivity index (χ2n) is 7.25. The van der Waals surface area contributed by atoms with E-state index in [4.69, 9.17) is 15.2 Å². The predicted molar refractivity (Wildman–Crippen MR) is 125 cm³/mol. The normalized spacial score (nSPS) is 11.7. The van der Waals surface area contributed by atoms with E-state index in [0.29, 0.717) is 45.9 Å². The van der Waals surface area contributed by atoms with Crippen LogP contribution in [0.15, 0.2) is 41.1 Å². The van der Waals surface area contributed by atoms with Crippen molar-refractivity contribution in [2.45, 2.75) is 6.92 Å². The number of ether oxygens (including phenoxy) is 2. The Morgan fingerprint density at radius 2 is 2.00 bits per heavy atom. The number of nitrogens with two attached hydrogens (primary N) is 1. The molecule has 32 heavy (non-hydrogen) atoms. The average Bonchev–Trinajstić information content (AvgIpc) is 3.22. The van der Waals surface area contributed by atoms with E-state index in [1.165, 1.54) is 12.1 Å². The SMILES string of the molecule is CCN(CCOC)CCOc1nc2c(-c3cnc4ccc(F)cc4c3)cnn2c(N)c1Br. The van der Waals surface area contributed by atoms with Crippen LogP contribution in [0.5, 0.6) is 5.88 Å². The lowest BCUT2D eigenvalue weighted by atomic mass is 10.1. The molecule has 4 rings (SSSR count). The largest absolute Gasteiger partial charge is 0.475 e. The lowest BCUT2D eigenvalue weighted by molar-refractivity contribution is 0.137. The molecule has 2 N–H and O–H groups in total. The van der Waals surface area contributed by atoms with E-state index in [0.717, 1.165) is 30.8 Å². The molecule has 0 unspecified atom stereocenters. The third-order valence-corrected chi connectivity index (χ3v) is 6.00. The summed E-state index contributed by atoms with van der Waals surface area (Å²) >= 11 is 3.47. The van der Waals surface area contributed by atoms with Crippen molar-refractivity contribution in [2.75, 3.05) is 45.7 Å². The number of fused-ring (bicyclic) bond motifs is 2. The number of methoxy groups -OCH3 is 1. The summed E-state index contributed by atoms with van der Waals surface area (Å²) in [6.45, 7) is 5.65. The summed E-state index contributed by atoms with van der Waals surface area (Å²) in [5.74, 6) is 0.451. The summed E-state index contributed by atoms with van der Waals surface area (Å²) in [5.41, 5.74) is 9.01. The zero-order valence-corrected chi connectivity index (χ0v) is 19.5. The Kier molecular flexibility index (Phi) is 6.83. The Morgan fingerprint density at radius 3 is 2.78 bits per heavy atom. The van der Waals surface area contributed by atoms with Crippen molar-refractivity contribution in [3.63, 3.8) is 0 Å². The van der Waals surface area contributed by atoms with E-state index in [-0.39, 0.29) is 5.82 Å². The highest BCUT2D eigenvalue weighted by Crippen LogP contribution is 2.34. The minimum absolute atomic E-state index is 0.315. The number of nitrogen functional groups attached to an aromatic ring is 1. The number of pyridine rings is 1. The molecule has 3 heterocycles. The molecule has 0 saturated heterocycles. The summed E-state index contributed by atoms with van der Waals surface area (Å²) in [5, 5.41) is 5.06. The van der Waals surface area contributed by atoms with Gasteiger partial charge in [0.05, 0.1) is 18.3 Å². The van der Waals surface area contributed by atoms with Gasteiger partial charge in [0.1, 0.15) is 22.7 Å². The van der Waals surface area contributed by atoms with Gasteiger partial charge in [-0.3, -0.25) is 9.88 Å². The third-order valence-electron chi connectivity index (χ3n) is 5.25. The molecule has 3 aromatic heterocycles. The van der Waals surface area contributed by atoms with E-state index in [9.17, 15) is 4.39 Å². The van der Waals surface area contributed by atoms with Crippen LogP contribution < -0.4 is 10.5 Å². The predicted octanol–water partition coefficient (Wildman–Crippen LogP) is 3.78. The van der Waals surface area contributed by atoms with E-state index in [1.54, 1.807) is 30.1 Å². The smallest absolute Gasteiger partial charge is 0.233 e. The first-order valence-corrected chi connectivity index (χ1v) is 11.0. The number of rotatable bonds is 9. The van der Waals surface area contributed by atoms with Crippen LogP contribution in [-0.4, -0.2) is 64.4 Å². The van der Waals surface area contributed by atoms with E-state index >= 15 is 0 Å². The maximum Gasteiger partial charge on any atom is 0.233 e. The van der Waals surface area contributed by atoms with E-state index < -0.39 is 0 Å². The Labute approximate surface area is 193 Å².